The van der Waals surface area contributed by atoms with E-state index >= 15 is 0 Å². The van der Waals surface area contributed by atoms with Crippen LogP contribution >= 0.6 is 0 Å². The molecule has 57 heavy (non-hydrogen) atoms. The third-order valence-corrected chi connectivity index (χ3v) is 16.5. The summed E-state index contributed by atoms with van der Waals surface area (Å²) < 4.78 is 21.1. The molecule has 304 valence electrons. The third-order valence-electron chi connectivity index (χ3n) is 11.3. The Kier molecular flexibility index (Phi) is 14.1. The summed E-state index contributed by atoms with van der Waals surface area (Å²) in [7, 11) is -2.94. The second-order valence-corrected chi connectivity index (χ2v) is 20.7. The van der Waals surface area contributed by atoms with Gasteiger partial charge in [-0.25, -0.2) is 4.39 Å². The molecule has 12 heteroatoms. The normalized spacial score (nSPS) is 22.9. The molecule has 3 N–H and O–H groups in total. The van der Waals surface area contributed by atoms with Gasteiger partial charge in [0.25, 0.3) is 8.32 Å². The number of nitrogens with one attached hydrogen (secondary N) is 3. The number of fused-ring (bicyclic) bond motifs is 1. The van der Waals surface area contributed by atoms with Gasteiger partial charge in [0, 0.05) is 19.4 Å². The van der Waals surface area contributed by atoms with Crippen LogP contribution in [0.3, 0.4) is 0 Å². The SMILES string of the molecule is CC[C@]1(C)NC(=O)[C@H](CCC=CCC(=O)[C@@H](C)O[Si](c2ccccc2)(c2ccccc2)C(C)(C)C)NC(=O)[C@H]2CCCN2C(=O)[C@H](Cc2cccc(F)c2)NC1=O. The Morgan fingerprint density at radius 2 is 1.58 bits per heavy atom. The first-order valence-electron chi connectivity index (χ1n) is 20.0. The van der Waals surface area contributed by atoms with Crippen molar-refractivity contribution in [1.82, 2.24) is 20.9 Å². The van der Waals surface area contributed by atoms with E-state index in [9.17, 15) is 28.4 Å². The van der Waals surface area contributed by atoms with E-state index in [1.165, 1.54) is 23.1 Å². The maximum Gasteiger partial charge on any atom is 0.262 e. The summed E-state index contributed by atoms with van der Waals surface area (Å²) in [6.07, 6.45) is 4.75. The average molecular weight is 797 g/mol. The number of halogens is 1. The number of nitrogens with zero attached hydrogens (tertiary/aromatic N) is 1. The predicted molar refractivity (Wildman–Crippen MR) is 222 cm³/mol. The molecule has 0 saturated carbocycles. The van der Waals surface area contributed by atoms with E-state index < -0.39 is 67.5 Å². The largest absolute Gasteiger partial charge is 0.398 e. The number of allylic oxidation sites excluding steroid dienone is 2. The summed E-state index contributed by atoms with van der Waals surface area (Å²) in [5.41, 5.74) is -0.896. The van der Waals surface area contributed by atoms with E-state index in [4.69, 9.17) is 4.43 Å². The number of carbonyl (C=O) groups excluding carboxylic acids is 5. The zero-order valence-corrected chi connectivity index (χ0v) is 35.0. The number of rotatable bonds is 13. The van der Waals surface area contributed by atoms with Crippen LogP contribution in [0.1, 0.15) is 85.6 Å². The zero-order valence-electron chi connectivity index (χ0n) is 34.0. The molecular weight excluding hydrogens is 740 g/mol. The van der Waals surface area contributed by atoms with E-state index in [-0.39, 0.29) is 36.5 Å². The Hall–Kier alpha value is -4.94. The predicted octanol–water partition coefficient (Wildman–Crippen LogP) is 4.89. The molecule has 2 saturated heterocycles. The van der Waals surface area contributed by atoms with Crippen molar-refractivity contribution in [2.24, 2.45) is 0 Å². The smallest absolute Gasteiger partial charge is 0.262 e. The number of Topliss-reactive ketones (excluding diaryl/α,β-unsaturated/α-hetero) is 1. The summed E-state index contributed by atoms with van der Waals surface area (Å²) in [5.74, 6) is -2.52. The topological polar surface area (TPSA) is 134 Å². The molecule has 2 aliphatic rings. The quantitative estimate of drug-likeness (QED) is 0.167. The van der Waals surface area contributed by atoms with Crippen molar-refractivity contribution in [3.05, 3.63) is 108 Å². The van der Waals surface area contributed by atoms with Gasteiger partial charge in [-0.15, -0.1) is 0 Å². The lowest BCUT2D eigenvalue weighted by molar-refractivity contribution is -0.144. The highest BCUT2D eigenvalue weighted by Crippen LogP contribution is 2.37. The van der Waals surface area contributed by atoms with E-state index in [0.29, 0.717) is 31.4 Å². The molecule has 0 radical (unpaired) electrons. The lowest BCUT2D eigenvalue weighted by atomic mass is 9.94. The Labute approximate surface area is 337 Å². The summed E-state index contributed by atoms with van der Waals surface area (Å²) in [6.45, 7) is 11.9. The van der Waals surface area contributed by atoms with Crippen LogP contribution in [-0.2, 0) is 34.8 Å². The van der Waals surface area contributed by atoms with Gasteiger partial charge >= 0.3 is 0 Å². The van der Waals surface area contributed by atoms with Gasteiger partial charge in [-0.1, -0.05) is 113 Å². The average Bonchev–Trinajstić information content (AvgIpc) is 3.69. The van der Waals surface area contributed by atoms with Crippen LogP contribution < -0.4 is 26.3 Å². The Morgan fingerprint density at radius 3 is 2.18 bits per heavy atom. The van der Waals surface area contributed by atoms with Crippen LogP contribution in [0.4, 0.5) is 4.39 Å². The van der Waals surface area contributed by atoms with Gasteiger partial charge in [-0.2, -0.15) is 0 Å². The molecule has 3 aromatic carbocycles. The van der Waals surface area contributed by atoms with Crippen molar-refractivity contribution in [3.63, 3.8) is 0 Å². The molecule has 5 atom stereocenters. The molecule has 0 bridgehead atoms. The fourth-order valence-electron chi connectivity index (χ4n) is 7.89. The molecule has 10 nitrogen and oxygen atoms in total. The molecule has 4 amide bonds. The number of hydrogen-bond acceptors (Lipinski definition) is 6. The molecule has 5 rings (SSSR count). The number of amides is 4. The highest BCUT2D eigenvalue weighted by atomic mass is 28.4. The van der Waals surface area contributed by atoms with Crippen molar-refractivity contribution in [1.29, 1.82) is 0 Å². The number of benzene rings is 3. The zero-order chi connectivity index (χ0) is 41.4. The van der Waals surface area contributed by atoms with E-state index in [1.807, 2.05) is 49.4 Å². The highest BCUT2D eigenvalue weighted by Gasteiger charge is 2.51. The van der Waals surface area contributed by atoms with E-state index in [1.54, 1.807) is 26.0 Å². The first kappa shape index (κ1) is 43.2. The van der Waals surface area contributed by atoms with Crippen molar-refractivity contribution in [2.75, 3.05) is 6.54 Å². The fraction of sp³-hybridized carbons (Fsp3) is 0.444. The minimum Gasteiger partial charge on any atom is -0.398 e. The lowest BCUT2D eigenvalue weighted by Gasteiger charge is -2.44. The van der Waals surface area contributed by atoms with Crippen LogP contribution in [0, 0.1) is 5.82 Å². The first-order valence-corrected chi connectivity index (χ1v) is 22.0. The second kappa shape index (κ2) is 18.5. The maximum absolute atomic E-state index is 14.1. The Balaban J connectivity index is 1.29. The molecule has 2 heterocycles. The van der Waals surface area contributed by atoms with Gasteiger partial charge in [0.2, 0.25) is 23.6 Å². The van der Waals surface area contributed by atoms with Crippen LogP contribution in [-0.4, -0.2) is 78.9 Å². The molecule has 2 fully saturated rings. The van der Waals surface area contributed by atoms with Gasteiger partial charge in [-0.05, 0) is 79.1 Å². The summed E-state index contributed by atoms with van der Waals surface area (Å²) >= 11 is 0. The third kappa shape index (κ3) is 9.96. The minimum atomic E-state index is -2.94. The molecule has 0 aromatic heterocycles. The van der Waals surface area contributed by atoms with Crippen LogP contribution in [0.25, 0.3) is 0 Å². The van der Waals surface area contributed by atoms with Gasteiger partial charge in [-0.3, -0.25) is 24.0 Å². The Morgan fingerprint density at radius 1 is 0.930 bits per heavy atom. The minimum absolute atomic E-state index is 0.0166. The molecule has 3 aromatic rings. The second-order valence-electron chi connectivity index (χ2n) is 16.4. The molecule has 0 spiro atoms. The molecule has 2 aliphatic heterocycles. The van der Waals surface area contributed by atoms with Gasteiger partial charge in [0.1, 0.15) is 35.6 Å². The van der Waals surface area contributed by atoms with E-state index in [2.05, 4.69) is 61.0 Å². The number of hydrogen-bond donors (Lipinski definition) is 3. The van der Waals surface area contributed by atoms with Crippen molar-refractivity contribution in [3.8, 4) is 0 Å². The highest BCUT2D eigenvalue weighted by molar-refractivity contribution is 6.99. The maximum atomic E-state index is 14.1. The monoisotopic (exact) mass is 796 g/mol. The standard InChI is InChI=1S/C45H57FN4O6Si/c1-7-45(6)43(55)48-37(30-32-19-17-20-33(46)29-32)42(54)50-28-18-26-38(50)41(53)47-36(40(52)49-45)25-15-10-16-27-39(51)31(2)56-57(44(3,4)5,34-21-11-8-12-22-34)35-23-13-9-14-24-35/h8-14,16-17,19-24,29,31,36-38H,7,15,18,25-28,30H2,1-6H3,(H,47,53)(H,48,55)(H,49,52)/t31-,36+,37+,38-,45+/m1/s1. The fourth-order valence-corrected chi connectivity index (χ4v) is 12.6. The summed E-state index contributed by atoms with van der Waals surface area (Å²) in [4.78, 5) is 70.5. The van der Waals surface area contributed by atoms with Crippen LogP contribution in [0.2, 0.25) is 5.04 Å². The molecule has 0 aliphatic carbocycles. The number of ketones is 1. The lowest BCUT2D eigenvalue weighted by Crippen LogP contribution is -2.68. The summed E-state index contributed by atoms with van der Waals surface area (Å²) in [5, 5.41) is 10.4. The number of carbonyl (C=O) groups is 5. The van der Waals surface area contributed by atoms with Gasteiger partial charge in [0.05, 0.1) is 0 Å². The summed E-state index contributed by atoms with van der Waals surface area (Å²) in [6, 6.07) is 23.2. The van der Waals surface area contributed by atoms with Crippen molar-refractivity contribution < 1.29 is 32.8 Å². The van der Waals surface area contributed by atoms with Crippen molar-refractivity contribution >= 4 is 48.1 Å². The van der Waals surface area contributed by atoms with Gasteiger partial charge < -0.3 is 25.3 Å². The van der Waals surface area contributed by atoms with Gasteiger partial charge in [0.15, 0.2) is 5.78 Å². The van der Waals surface area contributed by atoms with Crippen LogP contribution in [0.5, 0.6) is 0 Å². The Bertz CT molecular complexity index is 1900. The first-order chi connectivity index (χ1) is 27.1. The van der Waals surface area contributed by atoms with E-state index in [0.717, 1.165) is 10.4 Å². The van der Waals surface area contributed by atoms with Crippen molar-refractivity contribution in [2.45, 2.75) is 121 Å². The van der Waals surface area contributed by atoms with Crippen LogP contribution in [0.15, 0.2) is 97.1 Å². The molecular formula is C45H57FN4O6Si. The molecule has 0 unspecified atom stereocenters.